The Kier molecular flexibility index (Phi) is 6.36. The molecule has 1 aliphatic heterocycles. The van der Waals surface area contributed by atoms with Gasteiger partial charge in [0.15, 0.2) is 5.78 Å². The van der Waals surface area contributed by atoms with Crippen molar-refractivity contribution in [2.45, 2.75) is 17.7 Å². The van der Waals surface area contributed by atoms with Gasteiger partial charge in [0.1, 0.15) is 5.82 Å². The summed E-state index contributed by atoms with van der Waals surface area (Å²) < 4.78 is 39.7. The number of nitrogens with zero attached hydrogens (tertiary/aromatic N) is 2. The van der Waals surface area contributed by atoms with E-state index in [4.69, 9.17) is 0 Å². The Labute approximate surface area is 159 Å². The predicted molar refractivity (Wildman–Crippen MR) is 102 cm³/mol. The van der Waals surface area contributed by atoms with Crippen LogP contribution in [-0.4, -0.2) is 56.1 Å². The largest absolute Gasteiger partial charge is 0.301 e. The minimum atomic E-state index is -3.59. The lowest BCUT2D eigenvalue weighted by Gasteiger charge is -2.33. The third-order valence-corrected chi connectivity index (χ3v) is 6.67. The molecule has 0 amide bonds. The van der Waals surface area contributed by atoms with E-state index in [-0.39, 0.29) is 10.7 Å². The van der Waals surface area contributed by atoms with Crippen molar-refractivity contribution >= 4 is 15.8 Å². The summed E-state index contributed by atoms with van der Waals surface area (Å²) in [7, 11) is -3.59. The second kappa shape index (κ2) is 8.73. The van der Waals surface area contributed by atoms with Crippen LogP contribution >= 0.6 is 0 Å². The monoisotopic (exact) mass is 390 g/mol. The molecule has 0 aromatic heterocycles. The summed E-state index contributed by atoms with van der Waals surface area (Å²) in [5.41, 5.74) is 0.729. The highest BCUT2D eigenvalue weighted by Crippen LogP contribution is 2.18. The van der Waals surface area contributed by atoms with Crippen molar-refractivity contribution in [2.75, 3.05) is 32.7 Å². The van der Waals surface area contributed by atoms with Crippen molar-refractivity contribution in [3.8, 4) is 0 Å². The van der Waals surface area contributed by atoms with E-state index in [9.17, 15) is 17.6 Å². The number of hydrogen-bond acceptors (Lipinski definition) is 4. The van der Waals surface area contributed by atoms with Crippen LogP contribution in [0.1, 0.15) is 23.2 Å². The van der Waals surface area contributed by atoms with Gasteiger partial charge in [0.2, 0.25) is 10.0 Å². The molecule has 27 heavy (non-hydrogen) atoms. The zero-order valence-corrected chi connectivity index (χ0v) is 15.9. The Morgan fingerprint density at radius 1 is 0.926 bits per heavy atom. The van der Waals surface area contributed by atoms with Gasteiger partial charge in [-0.15, -0.1) is 0 Å². The molecule has 144 valence electrons. The lowest BCUT2D eigenvalue weighted by Crippen LogP contribution is -2.48. The maximum absolute atomic E-state index is 13.0. The first-order chi connectivity index (χ1) is 13.0. The topological polar surface area (TPSA) is 57.7 Å². The van der Waals surface area contributed by atoms with Crippen molar-refractivity contribution in [3.05, 3.63) is 66.0 Å². The molecule has 1 heterocycles. The van der Waals surface area contributed by atoms with E-state index in [1.807, 2.05) is 30.3 Å². The van der Waals surface area contributed by atoms with Gasteiger partial charge in [-0.2, -0.15) is 4.31 Å². The van der Waals surface area contributed by atoms with E-state index in [1.54, 1.807) is 0 Å². The Hall–Kier alpha value is -2.09. The van der Waals surface area contributed by atoms with Crippen molar-refractivity contribution in [1.82, 2.24) is 9.21 Å². The fraction of sp³-hybridized carbons (Fsp3) is 0.350. The smallest absolute Gasteiger partial charge is 0.243 e. The summed E-state index contributed by atoms with van der Waals surface area (Å²) in [5, 5.41) is 0. The molecule has 0 spiro atoms. The molecular formula is C20H23FN2O3S. The van der Waals surface area contributed by atoms with Gasteiger partial charge in [-0.25, -0.2) is 12.8 Å². The van der Waals surface area contributed by atoms with Crippen LogP contribution in [0.4, 0.5) is 4.39 Å². The van der Waals surface area contributed by atoms with Gasteiger partial charge < -0.3 is 4.90 Å². The van der Waals surface area contributed by atoms with Gasteiger partial charge in [0.25, 0.3) is 0 Å². The van der Waals surface area contributed by atoms with Gasteiger partial charge in [-0.1, -0.05) is 30.3 Å². The zero-order valence-electron chi connectivity index (χ0n) is 15.1. The summed E-state index contributed by atoms with van der Waals surface area (Å²) in [4.78, 5) is 14.4. The molecule has 3 rings (SSSR count). The summed E-state index contributed by atoms with van der Waals surface area (Å²) >= 11 is 0. The number of carbonyl (C=O) groups is 1. The molecule has 0 N–H and O–H groups in total. The highest BCUT2D eigenvalue weighted by molar-refractivity contribution is 7.89. The van der Waals surface area contributed by atoms with Gasteiger partial charge in [-0.3, -0.25) is 4.79 Å². The lowest BCUT2D eigenvalue weighted by molar-refractivity contribution is 0.0971. The number of hydrogen-bond donors (Lipinski definition) is 0. The Morgan fingerprint density at radius 3 is 2.19 bits per heavy atom. The van der Waals surface area contributed by atoms with Crippen molar-refractivity contribution in [2.24, 2.45) is 0 Å². The first kappa shape index (κ1) is 19.7. The van der Waals surface area contributed by atoms with Crippen LogP contribution in [0.25, 0.3) is 0 Å². The van der Waals surface area contributed by atoms with E-state index in [0.29, 0.717) is 32.6 Å². The van der Waals surface area contributed by atoms with Gasteiger partial charge in [0, 0.05) is 38.2 Å². The van der Waals surface area contributed by atoms with Gasteiger partial charge in [-0.05, 0) is 37.2 Å². The minimum absolute atomic E-state index is 0.116. The molecule has 0 unspecified atom stereocenters. The quantitative estimate of drug-likeness (QED) is 0.682. The number of Topliss-reactive ketones (excluding diaryl/α,β-unsaturated/α-hetero) is 1. The van der Waals surface area contributed by atoms with E-state index < -0.39 is 15.8 Å². The van der Waals surface area contributed by atoms with Crippen molar-refractivity contribution < 1.29 is 17.6 Å². The van der Waals surface area contributed by atoms with Crippen LogP contribution in [0.3, 0.4) is 0 Å². The average Bonchev–Trinajstić information content (AvgIpc) is 2.69. The van der Waals surface area contributed by atoms with Crippen molar-refractivity contribution in [1.29, 1.82) is 0 Å². The number of halogens is 1. The van der Waals surface area contributed by atoms with E-state index in [1.165, 1.54) is 16.4 Å². The molecule has 1 aliphatic rings. The summed E-state index contributed by atoms with van der Waals surface area (Å²) in [6.07, 6.45) is 1.23. The summed E-state index contributed by atoms with van der Waals surface area (Å²) in [6.45, 7) is 2.81. The summed E-state index contributed by atoms with van der Waals surface area (Å²) in [6, 6.07) is 14.2. The van der Waals surface area contributed by atoms with Crippen LogP contribution in [0.5, 0.6) is 0 Å². The van der Waals surface area contributed by atoms with E-state index >= 15 is 0 Å². The molecule has 0 bridgehead atoms. The molecule has 2 aromatic carbocycles. The molecule has 7 heteroatoms. The Morgan fingerprint density at radius 2 is 1.56 bits per heavy atom. The second-order valence-corrected chi connectivity index (χ2v) is 8.53. The molecule has 0 saturated carbocycles. The first-order valence-corrected chi connectivity index (χ1v) is 10.5. The number of piperazine rings is 1. The maximum atomic E-state index is 13.0. The third kappa shape index (κ3) is 5.00. The third-order valence-electron chi connectivity index (χ3n) is 4.76. The van der Waals surface area contributed by atoms with Crippen LogP contribution in [0.15, 0.2) is 59.5 Å². The fourth-order valence-corrected chi connectivity index (χ4v) is 4.60. The Bertz CT molecular complexity index is 862. The van der Waals surface area contributed by atoms with E-state index in [2.05, 4.69) is 4.90 Å². The number of benzene rings is 2. The predicted octanol–water partition coefficient (Wildman–Crippen LogP) is 2.80. The molecule has 0 radical (unpaired) electrons. The van der Waals surface area contributed by atoms with Crippen LogP contribution in [-0.2, 0) is 10.0 Å². The maximum Gasteiger partial charge on any atom is 0.243 e. The van der Waals surface area contributed by atoms with Crippen LogP contribution in [0.2, 0.25) is 0 Å². The number of carbonyl (C=O) groups excluding carboxylic acids is 1. The Balaban J connectivity index is 1.46. The van der Waals surface area contributed by atoms with E-state index in [0.717, 1.165) is 30.7 Å². The average molecular weight is 390 g/mol. The zero-order chi connectivity index (χ0) is 19.3. The highest BCUT2D eigenvalue weighted by Gasteiger charge is 2.28. The minimum Gasteiger partial charge on any atom is -0.301 e. The molecule has 5 nitrogen and oxygen atoms in total. The number of ketones is 1. The van der Waals surface area contributed by atoms with Crippen molar-refractivity contribution in [3.63, 3.8) is 0 Å². The highest BCUT2D eigenvalue weighted by atomic mass is 32.2. The number of sulfonamides is 1. The molecule has 2 aromatic rings. The SMILES string of the molecule is O=C(CCCN1CCN(S(=O)(=O)c2ccc(F)cc2)CC1)c1ccccc1. The lowest BCUT2D eigenvalue weighted by atomic mass is 10.1. The van der Waals surface area contributed by atoms with Gasteiger partial charge in [0.05, 0.1) is 4.90 Å². The van der Waals surface area contributed by atoms with Crippen LogP contribution in [0, 0.1) is 5.82 Å². The second-order valence-electron chi connectivity index (χ2n) is 6.59. The number of rotatable bonds is 7. The molecular weight excluding hydrogens is 367 g/mol. The van der Waals surface area contributed by atoms with Crippen LogP contribution < -0.4 is 0 Å². The summed E-state index contributed by atoms with van der Waals surface area (Å²) in [5.74, 6) is -0.322. The molecule has 1 fully saturated rings. The molecule has 0 atom stereocenters. The normalized spacial score (nSPS) is 16.3. The first-order valence-electron chi connectivity index (χ1n) is 9.03. The van der Waals surface area contributed by atoms with Gasteiger partial charge >= 0.3 is 0 Å². The molecule has 1 saturated heterocycles. The standard InChI is InChI=1S/C20H23FN2O3S/c21-18-8-10-19(11-9-18)27(25,26)23-15-13-22(14-16-23)12-4-7-20(24)17-5-2-1-3-6-17/h1-3,5-6,8-11H,4,7,12-16H2. The molecule has 0 aliphatic carbocycles. The fourth-order valence-electron chi connectivity index (χ4n) is 3.18.